The molecule has 8 nitrogen and oxygen atoms in total. The largest absolute Gasteiger partial charge is 1.00 e. The Bertz CT molecular complexity index is 1550. The first-order chi connectivity index (χ1) is 19.6. The Morgan fingerprint density at radius 2 is 1.76 bits per heavy atom. The Hall–Kier alpha value is -4.17. The van der Waals surface area contributed by atoms with Crippen LogP contribution >= 0.6 is 0 Å². The van der Waals surface area contributed by atoms with Gasteiger partial charge < -0.3 is 40.8 Å². The minimum Gasteiger partial charge on any atom is -1.00 e. The highest BCUT2D eigenvalue weighted by atomic mass is 35.5. The number of pyridine rings is 1. The van der Waals surface area contributed by atoms with Gasteiger partial charge in [-0.05, 0) is 59.8 Å². The Labute approximate surface area is 245 Å². The third-order valence-corrected chi connectivity index (χ3v) is 7.18. The Morgan fingerprint density at radius 3 is 2.54 bits per heavy atom. The molecule has 9 heteroatoms. The van der Waals surface area contributed by atoms with Gasteiger partial charge in [0, 0.05) is 18.9 Å². The number of ether oxygens (including phenoxy) is 6. The van der Waals surface area contributed by atoms with Gasteiger partial charge in [-0.15, -0.1) is 0 Å². The molecule has 1 aromatic heterocycles. The summed E-state index contributed by atoms with van der Waals surface area (Å²) in [4.78, 5) is 11.7. The van der Waals surface area contributed by atoms with Crippen LogP contribution in [0.1, 0.15) is 24.5 Å². The van der Waals surface area contributed by atoms with Gasteiger partial charge in [-0.25, -0.2) is 0 Å². The fourth-order valence-electron chi connectivity index (χ4n) is 5.21. The smallest absolute Gasteiger partial charge is 0.310 e. The summed E-state index contributed by atoms with van der Waals surface area (Å²) in [6, 6.07) is 17.9. The summed E-state index contributed by atoms with van der Waals surface area (Å²) in [5, 5.41) is 2.08. The SMILES string of the molecule is CCOC(=O)Cc1ccc(OCCCOc2c(OC)ccc3cc4[n+](cc23)CCc2cc3c(cc2-4)OCO3)cc1.[Cl-]. The van der Waals surface area contributed by atoms with E-state index in [9.17, 15) is 4.79 Å². The number of aryl methyl sites for hydroxylation is 2. The van der Waals surface area contributed by atoms with Crippen LogP contribution in [0.4, 0.5) is 0 Å². The predicted molar refractivity (Wildman–Crippen MR) is 148 cm³/mol. The fourth-order valence-corrected chi connectivity index (χ4v) is 5.21. The molecule has 2 aliphatic rings. The van der Waals surface area contributed by atoms with Crippen LogP contribution < -0.4 is 40.7 Å². The minimum atomic E-state index is -0.228. The highest BCUT2D eigenvalue weighted by Gasteiger charge is 2.28. The van der Waals surface area contributed by atoms with Crippen molar-refractivity contribution < 1.29 is 50.2 Å². The lowest BCUT2D eigenvalue weighted by molar-refractivity contribution is -0.686. The van der Waals surface area contributed by atoms with Crippen molar-refractivity contribution in [2.24, 2.45) is 0 Å². The van der Waals surface area contributed by atoms with Crippen LogP contribution in [-0.4, -0.2) is 39.7 Å². The van der Waals surface area contributed by atoms with E-state index in [1.165, 1.54) is 11.1 Å². The van der Waals surface area contributed by atoms with Gasteiger partial charge in [-0.3, -0.25) is 4.79 Å². The highest BCUT2D eigenvalue weighted by molar-refractivity contribution is 5.91. The maximum Gasteiger partial charge on any atom is 0.310 e. The van der Waals surface area contributed by atoms with E-state index in [4.69, 9.17) is 28.4 Å². The third-order valence-electron chi connectivity index (χ3n) is 7.18. The first kappa shape index (κ1) is 28.4. The molecule has 3 heterocycles. The van der Waals surface area contributed by atoms with Crippen LogP contribution in [0.25, 0.3) is 22.0 Å². The zero-order valence-electron chi connectivity index (χ0n) is 23.1. The first-order valence-electron chi connectivity index (χ1n) is 13.6. The number of benzene rings is 3. The standard InChI is InChI=1S/C32H32NO7.ClH/c1-3-36-31(34)15-21-5-8-24(9-6-21)37-13-4-14-38-32-26-19-33-12-11-23-17-29-30(40-20-39-29)18-25(23)27(33)16-22(26)7-10-28(32)35-2;/h5-10,16-19H,3-4,11-15,20H2,1-2H3;1H/q+1;/p-1. The number of hydrogen-bond acceptors (Lipinski definition) is 7. The average Bonchev–Trinajstić information content (AvgIpc) is 3.43. The van der Waals surface area contributed by atoms with Gasteiger partial charge in [0.2, 0.25) is 12.5 Å². The summed E-state index contributed by atoms with van der Waals surface area (Å²) < 4.78 is 36.3. The van der Waals surface area contributed by atoms with Gasteiger partial charge in [0.1, 0.15) is 5.75 Å². The molecule has 0 aliphatic carbocycles. The monoisotopic (exact) mass is 577 g/mol. The second-order valence-electron chi connectivity index (χ2n) is 9.74. The average molecular weight is 578 g/mol. The van der Waals surface area contributed by atoms with Crippen LogP contribution in [-0.2, 0) is 28.9 Å². The molecule has 6 rings (SSSR count). The maximum atomic E-state index is 11.7. The molecule has 0 spiro atoms. The number of hydrogen-bond donors (Lipinski definition) is 0. The summed E-state index contributed by atoms with van der Waals surface area (Å²) in [5.74, 6) is 3.57. The van der Waals surface area contributed by atoms with E-state index in [0.29, 0.717) is 32.0 Å². The molecule has 41 heavy (non-hydrogen) atoms. The summed E-state index contributed by atoms with van der Waals surface area (Å²) in [6.45, 7) is 4.30. The molecule has 214 valence electrons. The summed E-state index contributed by atoms with van der Waals surface area (Å²) in [7, 11) is 1.66. The number of fused-ring (bicyclic) bond motifs is 5. The quantitative estimate of drug-likeness (QED) is 0.162. The molecule has 2 aliphatic heterocycles. The van der Waals surface area contributed by atoms with Crippen molar-refractivity contribution in [1.82, 2.24) is 0 Å². The lowest BCUT2D eigenvalue weighted by atomic mass is 9.95. The Balaban J connectivity index is 0.00000337. The molecule has 0 atom stereocenters. The molecule has 0 bridgehead atoms. The van der Waals surface area contributed by atoms with E-state index in [2.05, 4.69) is 35.0 Å². The number of esters is 1. The molecular weight excluding hydrogens is 546 g/mol. The second-order valence-corrected chi connectivity index (χ2v) is 9.74. The molecule has 0 N–H and O–H groups in total. The van der Waals surface area contributed by atoms with E-state index in [1.807, 2.05) is 30.3 Å². The normalized spacial score (nSPS) is 12.6. The van der Waals surface area contributed by atoms with E-state index < -0.39 is 0 Å². The van der Waals surface area contributed by atoms with Crippen LogP contribution in [0, 0.1) is 0 Å². The second kappa shape index (κ2) is 12.6. The van der Waals surface area contributed by atoms with Gasteiger partial charge in [0.15, 0.2) is 35.7 Å². The van der Waals surface area contributed by atoms with Crippen LogP contribution in [0.3, 0.4) is 0 Å². The molecule has 0 fully saturated rings. The van der Waals surface area contributed by atoms with Crippen LogP contribution in [0.15, 0.2) is 60.8 Å². The molecule has 0 amide bonds. The van der Waals surface area contributed by atoms with Gasteiger partial charge in [-0.1, -0.05) is 12.1 Å². The third kappa shape index (κ3) is 5.98. The number of rotatable bonds is 10. The summed E-state index contributed by atoms with van der Waals surface area (Å²) in [6.07, 6.45) is 4.03. The van der Waals surface area contributed by atoms with Crippen molar-refractivity contribution in [3.63, 3.8) is 0 Å². The zero-order chi connectivity index (χ0) is 27.5. The molecule has 4 aromatic rings. The molecule has 3 aromatic carbocycles. The molecule has 0 saturated heterocycles. The number of methoxy groups -OCH3 is 1. The minimum absolute atomic E-state index is 0. The number of aromatic nitrogens is 1. The number of nitrogens with zero attached hydrogens (tertiary/aromatic N) is 1. The summed E-state index contributed by atoms with van der Waals surface area (Å²) in [5.41, 5.74) is 4.47. The first-order valence-corrected chi connectivity index (χ1v) is 13.6. The lowest BCUT2D eigenvalue weighted by Crippen LogP contribution is -3.00. The Kier molecular flexibility index (Phi) is 8.69. The highest BCUT2D eigenvalue weighted by Crippen LogP contribution is 2.41. The van der Waals surface area contributed by atoms with Crippen molar-refractivity contribution in [3.05, 3.63) is 71.9 Å². The fraction of sp³-hybridized carbons (Fsp3) is 0.312. The topological polar surface area (TPSA) is 76.3 Å². The number of halogens is 1. The van der Waals surface area contributed by atoms with Crippen molar-refractivity contribution in [2.45, 2.75) is 32.7 Å². The zero-order valence-corrected chi connectivity index (χ0v) is 23.9. The summed E-state index contributed by atoms with van der Waals surface area (Å²) >= 11 is 0. The van der Waals surface area contributed by atoms with Gasteiger partial charge in [0.25, 0.3) is 0 Å². The maximum absolute atomic E-state index is 11.7. The van der Waals surface area contributed by atoms with Gasteiger partial charge >= 0.3 is 5.97 Å². The number of carbonyl (C=O) groups excluding carboxylic acids is 1. The van der Waals surface area contributed by atoms with Crippen LogP contribution in [0.2, 0.25) is 0 Å². The van der Waals surface area contributed by atoms with Crippen molar-refractivity contribution >= 4 is 16.7 Å². The van der Waals surface area contributed by atoms with Gasteiger partial charge in [-0.2, -0.15) is 4.57 Å². The van der Waals surface area contributed by atoms with Crippen molar-refractivity contribution in [3.8, 4) is 40.0 Å². The predicted octanol–water partition coefficient (Wildman–Crippen LogP) is 2.05. The van der Waals surface area contributed by atoms with E-state index >= 15 is 0 Å². The van der Waals surface area contributed by atoms with Crippen LogP contribution in [0.5, 0.6) is 28.7 Å². The number of carbonyl (C=O) groups is 1. The van der Waals surface area contributed by atoms with E-state index in [1.54, 1.807) is 14.0 Å². The van der Waals surface area contributed by atoms with E-state index in [0.717, 1.165) is 58.0 Å². The lowest BCUT2D eigenvalue weighted by Gasteiger charge is -2.18. The van der Waals surface area contributed by atoms with Crippen molar-refractivity contribution in [2.75, 3.05) is 33.7 Å². The van der Waals surface area contributed by atoms with E-state index in [-0.39, 0.29) is 31.6 Å². The van der Waals surface area contributed by atoms with Crippen molar-refractivity contribution in [1.29, 1.82) is 0 Å². The molecule has 0 saturated carbocycles. The molecule has 0 radical (unpaired) electrons. The molecular formula is C32H32ClNO7. The Morgan fingerprint density at radius 1 is 0.976 bits per heavy atom. The molecule has 0 unspecified atom stereocenters. The van der Waals surface area contributed by atoms with Gasteiger partial charge in [0.05, 0.1) is 44.3 Å².